The van der Waals surface area contributed by atoms with Crippen LogP contribution >= 0.6 is 23.2 Å². The van der Waals surface area contributed by atoms with E-state index in [1.165, 1.54) is 0 Å². The SMILES string of the molecule is Cc1ccccc1-c1ccncc1N(C)C(=O)c1cc(Cl)cc(Cl)c1. The molecule has 3 rings (SSSR count). The molecular weight excluding hydrogens is 355 g/mol. The predicted octanol–water partition coefficient (Wildman–Crippen LogP) is 5.64. The fourth-order valence-corrected chi connectivity index (χ4v) is 3.26. The van der Waals surface area contributed by atoms with E-state index in [1.54, 1.807) is 42.5 Å². The number of aromatic nitrogens is 1. The van der Waals surface area contributed by atoms with Crippen LogP contribution in [0.15, 0.2) is 60.9 Å². The lowest BCUT2D eigenvalue weighted by molar-refractivity contribution is 0.0993. The van der Waals surface area contributed by atoms with Crippen LogP contribution in [0, 0.1) is 6.92 Å². The van der Waals surface area contributed by atoms with Gasteiger partial charge in [0.1, 0.15) is 0 Å². The van der Waals surface area contributed by atoms with Gasteiger partial charge in [-0.2, -0.15) is 0 Å². The predicted molar refractivity (Wildman–Crippen MR) is 104 cm³/mol. The third-order valence-corrected chi connectivity index (χ3v) is 4.45. The summed E-state index contributed by atoms with van der Waals surface area (Å²) in [6.07, 6.45) is 3.41. The van der Waals surface area contributed by atoms with Crippen molar-refractivity contribution in [3.63, 3.8) is 0 Å². The second-order valence-corrected chi connectivity index (χ2v) is 6.60. The smallest absolute Gasteiger partial charge is 0.258 e. The minimum Gasteiger partial charge on any atom is -0.309 e. The molecule has 126 valence electrons. The van der Waals surface area contributed by atoms with E-state index in [2.05, 4.69) is 4.98 Å². The number of pyridine rings is 1. The van der Waals surface area contributed by atoms with Crippen molar-refractivity contribution >= 4 is 34.8 Å². The maximum atomic E-state index is 12.9. The number of aryl methyl sites for hydroxylation is 1. The number of nitrogens with zero attached hydrogens (tertiary/aromatic N) is 2. The van der Waals surface area contributed by atoms with Gasteiger partial charge in [0, 0.05) is 34.4 Å². The van der Waals surface area contributed by atoms with Gasteiger partial charge in [0.05, 0.1) is 11.9 Å². The summed E-state index contributed by atoms with van der Waals surface area (Å²) < 4.78 is 0. The fourth-order valence-electron chi connectivity index (χ4n) is 2.74. The van der Waals surface area contributed by atoms with E-state index < -0.39 is 0 Å². The summed E-state index contributed by atoms with van der Waals surface area (Å²) in [5.41, 5.74) is 4.28. The van der Waals surface area contributed by atoms with E-state index in [0.29, 0.717) is 15.6 Å². The number of rotatable bonds is 3. The molecule has 2 aromatic carbocycles. The average molecular weight is 371 g/mol. The second-order valence-electron chi connectivity index (χ2n) is 5.73. The molecule has 0 aliphatic rings. The summed E-state index contributed by atoms with van der Waals surface area (Å²) in [7, 11) is 1.72. The molecule has 0 aliphatic carbocycles. The molecule has 0 saturated carbocycles. The third kappa shape index (κ3) is 3.68. The number of carbonyl (C=O) groups is 1. The number of hydrogen-bond donors (Lipinski definition) is 0. The van der Waals surface area contributed by atoms with Crippen LogP contribution in [0.1, 0.15) is 15.9 Å². The Bertz CT molecular complexity index is 920. The standard InChI is InChI=1S/C20H16Cl2N2O/c1-13-5-3-4-6-17(13)18-7-8-23-12-19(18)24(2)20(25)14-9-15(21)11-16(22)10-14/h3-12H,1-2H3. The van der Waals surface area contributed by atoms with Gasteiger partial charge >= 0.3 is 0 Å². The first-order chi connectivity index (χ1) is 12.0. The molecule has 0 bridgehead atoms. The Hall–Kier alpha value is -2.36. The van der Waals surface area contributed by atoms with Crippen molar-refractivity contribution in [1.29, 1.82) is 0 Å². The summed E-state index contributed by atoms with van der Waals surface area (Å²) in [5, 5.41) is 0.851. The molecule has 0 spiro atoms. The van der Waals surface area contributed by atoms with Crippen LogP contribution in [0.3, 0.4) is 0 Å². The van der Waals surface area contributed by atoms with Crippen LogP contribution in [-0.2, 0) is 0 Å². The average Bonchev–Trinajstić information content (AvgIpc) is 2.60. The van der Waals surface area contributed by atoms with Crippen molar-refractivity contribution in [1.82, 2.24) is 4.98 Å². The first-order valence-corrected chi connectivity index (χ1v) is 8.47. The first-order valence-electron chi connectivity index (χ1n) is 7.71. The molecule has 0 unspecified atom stereocenters. The highest BCUT2D eigenvalue weighted by Gasteiger charge is 2.19. The molecule has 0 radical (unpaired) electrons. The van der Waals surface area contributed by atoms with Gasteiger partial charge in [-0.1, -0.05) is 47.5 Å². The third-order valence-electron chi connectivity index (χ3n) is 4.01. The Kier molecular flexibility index (Phi) is 5.07. The molecule has 3 aromatic rings. The Balaban J connectivity index is 2.05. The molecule has 0 N–H and O–H groups in total. The van der Waals surface area contributed by atoms with E-state index in [9.17, 15) is 4.79 Å². The van der Waals surface area contributed by atoms with Gasteiger partial charge in [0.25, 0.3) is 5.91 Å². The lowest BCUT2D eigenvalue weighted by atomic mass is 10.00. The summed E-state index contributed by atoms with van der Waals surface area (Å²) in [5.74, 6) is -0.202. The van der Waals surface area contributed by atoms with Crippen LogP contribution in [0.5, 0.6) is 0 Å². The maximum Gasteiger partial charge on any atom is 0.258 e. The highest BCUT2D eigenvalue weighted by atomic mass is 35.5. The number of hydrogen-bond acceptors (Lipinski definition) is 2. The van der Waals surface area contributed by atoms with Gasteiger partial charge in [-0.3, -0.25) is 9.78 Å². The van der Waals surface area contributed by atoms with E-state index in [0.717, 1.165) is 22.4 Å². The number of anilines is 1. The topological polar surface area (TPSA) is 33.2 Å². The molecule has 0 fully saturated rings. The maximum absolute atomic E-state index is 12.9. The number of amides is 1. The van der Waals surface area contributed by atoms with Gasteiger partial charge in [0.15, 0.2) is 0 Å². The Morgan fingerprint density at radius 2 is 1.68 bits per heavy atom. The Morgan fingerprint density at radius 3 is 2.36 bits per heavy atom. The van der Waals surface area contributed by atoms with E-state index in [4.69, 9.17) is 23.2 Å². The van der Waals surface area contributed by atoms with Crippen LogP contribution in [-0.4, -0.2) is 17.9 Å². The van der Waals surface area contributed by atoms with Gasteiger partial charge in [0.2, 0.25) is 0 Å². The quantitative estimate of drug-likeness (QED) is 0.597. The van der Waals surface area contributed by atoms with Gasteiger partial charge < -0.3 is 4.90 Å². The monoisotopic (exact) mass is 370 g/mol. The molecule has 1 heterocycles. The molecular formula is C20H16Cl2N2O. The lowest BCUT2D eigenvalue weighted by Gasteiger charge is -2.21. The summed E-state index contributed by atoms with van der Waals surface area (Å²) in [6.45, 7) is 2.04. The molecule has 3 nitrogen and oxygen atoms in total. The van der Waals surface area contributed by atoms with Crippen LogP contribution < -0.4 is 4.90 Å². The van der Waals surface area contributed by atoms with Gasteiger partial charge in [-0.05, 0) is 42.3 Å². The highest BCUT2D eigenvalue weighted by molar-refractivity contribution is 6.35. The molecule has 1 amide bonds. The van der Waals surface area contributed by atoms with Gasteiger partial charge in [-0.25, -0.2) is 0 Å². The van der Waals surface area contributed by atoms with Crippen LogP contribution in [0.25, 0.3) is 11.1 Å². The Morgan fingerprint density at radius 1 is 1.00 bits per heavy atom. The van der Waals surface area contributed by atoms with Crippen molar-refractivity contribution in [2.75, 3.05) is 11.9 Å². The number of carbonyl (C=O) groups excluding carboxylic acids is 1. The van der Waals surface area contributed by atoms with Crippen molar-refractivity contribution in [2.45, 2.75) is 6.92 Å². The largest absolute Gasteiger partial charge is 0.309 e. The Labute approximate surface area is 156 Å². The zero-order valence-electron chi connectivity index (χ0n) is 13.8. The van der Waals surface area contributed by atoms with E-state index in [1.807, 2.05) is 37.3 Å². The van der Waals surface area contributed by atoms with Gasteiger partial charge in [-0.15, -0.1) is 0 Å². The zero-order valence-corrected chi connectivity index (χ0v) is 15.3. The normalized spacial score (nSPS) is 10.6. The molecule has 5 heteroatoms. The van der Waals surface area contributed by atoms with Crippen molar-refractivity contribution in [3.05, 3.63) is 82.1 Å². The number of halogens is 2. The van der Waals surface area contributed by atoms with Crippen LogP contribution in [0.4, 0.5) is 5.69 Å². The number of benzene rings is 2. The first kappa shape index (κ1) is 17.5. The molecule has 25 heavy (non-hydrogen) atoms. The minimum absolute atomic E-state index is 0.202. The molecule has 0 atom stereocenters. The molecule has 0 aliphatic heterocycles. The van der Waals surface area contributed by atoms with Crippen molar-refractivity contribution < 1.29 is 4.79 Å². The second kappa shape index (κ2) is 7.26. The van der Waals surface area contributed by atoms with Crippen LogP contribution in [0.2, 0.25) is 10.0 Å². The molecule has 0 saturated heterocycles. The zero-order chi connectivity index (χ0) is 18.0. The fraction of sp³-hybridized carbons (Fsp3) is 0.100. The summed E-state index contributed by atoms with van der Waals surface area (Å²) in [4.78, 5) is 18.7. The lowest BCUT2D eigenvalue weighted by Crippen LogP contribution is -2.27. The van der Waals surface area contributed by atoms with E-state index >= 15 is 0 Å². The summed E-state index contributed by atoms with van der Waals surface area (Å²) in [6, 6.07) is 14.8. The molecule has 1 aromatic heterocycles. The highest BCUT2D eigenvalue weighted by Crippen LogP contribution is 2.32. The van der Waals surface area contributed by atoms with Crippen molar-refractivity contribution in [3.8, 4) is 11.1 Å². The minimum atomic E-state index is -0.202. The van der Waals surface area contributed by atoms with E-state index in [-0.39, 0.29) is 5.91 Å². The van der Waals surface area contributed by atoms with Crippen molar-refractivity contribution in [2.24, 2.45) is 0 Å². The summed E-state index contributed by atoms with van der Waals surface area (Å²) >= 11 is 12.1.